The molecule has 0 aromatic heterocycles. The first-order valence-corrected chi connectivity index (χ1v) is 10.6. The fourth-order valence-electron chi connectivity index (χ4n) is 3.72. The van der Waals surface area contributed by atoms with Gasteiger partial charge in [-0.1, -0.05) is 13.3 Å². The lowest BCUT2D eigenvalue weighted by atomic mass is 10.0. The van der Waals surface area contributed by atoms with Crippen molar-refractivity contribution in [3.63, 3.8) is 0 Å². The molecule has 1 aromatic rings. The first-order valence-electron chi connectivity index (χ1n) is 10.6. The molecular formula is C22H37F3N4O. The third kappa shape index (κ3) is 8.52. The number of aldehydes is 1. The van der Waals surface area contributed by atoms with Crippen molar-refractivity contribution in [3.8, 4) is 0 Å². The second-order valence-electron chi connectivity index (χ2n) is 7.97. The summed E-state index contributed by atoms with van der Waals surface area (Å²) < 4.78 is 39.1. The van der Waals surface area contributed by atoms with Crippen LogP contribution < -0.4 is 16.0 Å². The number of nitrogens with two attached hydrogens (primary N) is 1. The van der Waals surface area contributed by atoms with Gasteiger partial charge in [-0.3, -0.25) is 0 Å². The zero-order chi connectivity index (χ0) is 22.7. The van der Waals surface area contributed by atoms with Crippen LogP contribution in [0.15, 0.2) is 18.2 Å². The predicted octanol–water partition coefficient (Wildman–Crippen LogP) is 4.17. The van der Waals surface area contributed by atoms with Gasteiger partial charge in [-0.15, -0.1) is 0 Å². The fraction of sp³-hybridized carbons (Fsp3) is 0.682. The molecule has 1 fully saturated rings. The lowest BCUT2D eigenvalue weighted by molar-refractivity contribution is -0.137. The summed E-state index contributed by atoms with van der Waals surface area (Å²) in [6.45, 7) is 3.43. The van der Waals surface area contributed by atoms with Crippen molar-refractivity contribution in [2.45, 2.75) is 63.7 Å². The predicted molar refractivity (Wildman–Crippen MR) is 118 cm³/mol. The largest absolute Gasteiger partial charge is 0.418 e. The molecule has 1 aliphatic rings. The van der Waals surface area contributed by atoms with E-state index in [-0.39, 0.29) is 11.4 Å². The lowest BCUT2D eigenvalue weighted by Gasteiger charge is -2.35. The summed E-state index contributed by atoms with van der Waals surface area (Å²) in [5.41, 5.74) is 5.20. The van der Waals surface area contributed by atoms with Gasteiger partial charge >= 0.3 is 6.18 Å². The van der Waals surface area contributed by atoms with E-state index in [9.17, 15) is 18.0 Å². The molecule has 8 heteroatoms. The Kier molecular flexibility index (Phi) is 11.2. The molecule has 0 bridgehead atoms. The Morgan fingerprint density at radius 1 is 1.27 bits per heavy atom. The molecule has 1 aromatic carbocycles. The van der Waals surface area contributed by atoms with E-state index in [4.69, 9.17) is 5.73 Å². The second-order valence-corrected chi connectivity index (χ2v) is 7.97. The molecule has 1 aliphatic heterocycles. The van der Waals surface area contributed by atoms with Crippen LogP contribution in [0, 0.1) is 0 Å². The summed E-state index contributed by atoms with van der Waals surface area (Å²) in [6.07, 6.45) is 2.42. The van der Waals surface area contributed by atoms with Gasteiger partial charge in [0.2, 0.25) is 0 Å². The summed E-state index contributed by atoms with van der Waals surface area (Å²) >= 11 is 0. The average molecular weight is 431 g/mol. The number of carbonyl (C=O) groups excluding carboxylic acids is 1. The van der Waals surface area contributed by atoms with Crippen molar-refractivity contribution in [2.75, 3.05) is 44.9 Å². The molecule has 0 aliphatic carbocycles. The standard InChI is InChI=1S/C13H18F3N3.C9H19NO/c1-18-10-4-6-19(7-5-10)12-3-2-9(17)8-11(12)13(14,15)16;1-4-6-9(10(2)3)7-5-8-11/h2-3,8,10,18H,4-7,17H2,1H3;8-9H,4-7H2,1-3H3. The van der Waals surface area contributed by atoms with E-state index in [0.717, 1.165) is 31.6 Å². The zero-order valence-electron chi connectivity index (χ0n) is 18.6. The quantitative estimate of drug-likeness (QED) is 0.479. The van der Waals surface area contributed by atoms with Crippen molar-refractivity contribution in [1.82, 2.24) is 10.2 Å². The molecular weight excluding hydrogens is 393 g/mol. The van der Waals surface area contributed by atoms with E-state index >= 15 is 0 Å². The number of alkyl halides is 3. The Labute approximate surface area is 178 Å². The molecule has 0 amide bonds. The Hall–Kier alpha value is -1.80. The Morgan fingerprint density at radius 2 is 1.90 bits per heavy atom. The number of anilines is 2. The number of nitrogen functional groups attached to an aromatic ring is 1. The van der Waals surface area contributed by atoms with Crippen LogP contribution in [0.4, 0.5) is 24.5 Å². The van der Waals surface area contributed by atoms with E-state index in [0.29, 0.717) is 31.6 Å². The van der Waals surface area contributed by atoms with Crippen LogP contribution in [0.3, 0.4) is 0 Å². The van der Waals surface area contributed by atoms with E-state index < -0.39 is 11.7 Å². The highest BCUT2D eigenvalue weighted by atomic mass is 19.4. The third-order valence-electron chi connectivity index (χ3n) is 5.54. The first kappa shape index (κ1) is 26.2. The summed E-state index contributed by atoms with van der Waals surface area (Å²) in [6, 6.07) is 4.98. The maximum atomic E-state index is 13.0. The van der Waals surface area contributed by atoms with Crippen molar-refractivity contribution in [3.05, 3.63) is 23.8 Å². The summed E-state index contributed by atoms with van der Waals surface area (Å²) in [4.78, 5) is 14.1. The maximum Gasteiger partial charge on any atom is 0.418 e. The molecule has 2 rings (SSSR count). The molecule has 5 nitrogen and oxygen atoms in total. The van der Waals surface area contributed by atoms with Gasteiger partial charge < -0.3 is 25.6 Å². The van der Waals surface area contributed by atoms with Gasteiger partial charge in [0.25, 0.3) is 0 Å². The monoisotopic (exact) mass is 430 g/mol. The van der Waals surface area contributed by atoms with Crippen LogP contribution >= 0.6 is 0 Å². The van der Waals surface area contributed by atoms with E-state index in [2.05, 4.69) is 31.2 Å². The van der Waals surface area contributed by atoms with Crippen LogP contribution in [-0.4, -0.2) is 57.5 Å². The van der Waals surface area contributed by atoms with Gasteiger partial charge in [0.05, 0.1) is 5.56 Å². The van der Waals surface area contributed by atoms with Gasteiger partial charge in [0.1, 0.15) is 6.29 Å². The van der Waals surface area contributed by atoms with Gasteiger partial charge in [0, 0.05) is 43.0 Å². The minimum absolute atomic E-state index is 0.140. The molecule has 0 spiro atoms. The fourth-order valence-corrected chi connectivity index (χ4v) is 3.72. The topological polar surface area (TPSA) is 61.6 Å². The molecule has 172 valence electrons. The number of nitrogens with zero attached hydrogens (tertiary/aromatic N) is 2. The summed E-state index contributed by atoms with van der Waals surface area (Å²) in [5.74, 6) is 0. The van der Waals surface area contributed by atoms with Gasteiger partial charge in [-0.25, -0.2) is 0 Å². The van der Waals surface area contributed by atoms with Gasteiger partial charge in [0.15, 0.2) is 0 Å². The highest BCUT2D eigenvalue weighted by Crippen LogP contribution is 2.38. The molecule has 1 saturated heterocycles. The average Bonchev–Trinajstić information content (AvgIpc) is 2.71. The Balaban J connectivity index is 0.000000352. The second kappa shape index (κ2) is 12.8. The summed E-state index contributed by atoms with van der Waals surface area (Å²) in [7, 11) is 6.03. The lowest BCUT2D eigenvalue weighted by Crippen LogP contribution is -2.41. The number of nitrogens with one attached hydrogen (secondary N) is 1. The number of hydrogen-bond acceptors (Lipinski definition) is 5. The molecule has 1 heterocycles. The van der Waals surface area contributed by atoms with Crippen LogP contribution in [0.1, 0.15) is 51.0 Å². The molecule has 3 N–H and O–H groups in total. The van der Waals surface area contributed by atoms with Gasteiger partial charge in [-0.05, 0) is 65.0 Å². The molecule has 0 radical (unpaired) electrons. The smallest absolute Gasteiger partial charge is 0.399 e. The van der Waals surface area contributed by atoms with E-state index in [1.54, 1.807) is 4.90 Å². The SMILES string of the molecule is CCCC(CCC=O)N(C)C.CNC1CCN(c2ccc(N)cc2C(F)(F)F)CC1. The minimum Gasteiger partial charge on any atom is -0.399 e. The molecule has 1 atom stereocenters. The molecule has 1 unspecified atom stereocenters. The zero-order valence-corrected chi connectivity index (χ0v) is 18.6. The number of halogens is 3. The Bertz CT molecular complexity index is 629. The van der Waals surface area contributed by atoms with Gasteiger partial charge in [-0.2, -0.15) is 13.2 Å². The van der Waals surface area contributed by atoms with Crippen molar-refractivity contribution >= 4 is 17.7 Å². The molecule has 0 saturated carbocycles. The van der Waals surface area contributed by atoms with E-state index in [1.165, 1.54) is 25.0 Å². The third-order valence-corrected chi connectivity index (χ3v) is 5.54. The number of rotatable bonds is 8. The van der Waals surface area contributed by atoms with Crippen molar-refractivity contribution < 1.29 is 18.0 Å². The normalized spacial score (nSPS) is 16.2. The van der Waals surface area contributed by atoms with E-state index in [1.807, 2.05) is 7.05 Å². The highest BCUT2D eigenvalue weighted by Gasteiger charge is 2.35. The number of benzene rings is 1. The molecule has 30 heavy (non-hydrogen) atoms. The maximum absolute atomic E-state index is 13.0. The first-order chi connectivity index (χ1) is 14.1. The van der Waals surface area contributed by atoms with Crippen molar-refractivity contribution in [1.29, 1.82) is 0 Å². The highest BCUT2D eigenvalue weighted by molar-refractivity contribution is 5.61. The number of hydrogen-bond donors (Lipinski definition) is 2. The van der Waals surface area contributed by atoms with Crippen LogP contribution in [-0.2, 0) is 11.0 Å². The number of piperidine rings is 1. The minimum atomic E-state index is -4.37. The van der Waals surface area contributed by atoms with Crippen molar-refractivity contribution in [2.24, 2.45) is 0 Å². The van der Waals surface area contributed by atoms with Crippen LogP contribution in [0.2, 0.25) is 0 Å². The van der Waals surface area contributed by atoms with Crippen LogP contribution in [0.5, 0.6) is 0 Å². The summed E-state index contributed by atoms with van der Waals surface area (Å²) in [5, 5.41) is 3.16. The van der Waals surface area contributed by atoms with Crippen LogP contribution in [0.25, 0.3) is 0 Å². The number of carbonyl (C=O) groups is 1. The Morgan fingerprint density at radius 3 is 2.37 bits per heavy atom.